The van der Waals surface area contributed by atoms with E-state index in [1.54, 1.807) is 26.0 Å². The molecule has 1 fully saturated rings. The van der Waals surface area contributed by atoms with Crippen molar-refractivity contribution in [2.45, 2.75) is 20.2 Å². The Labute approximate surface area is 163 Å². The number of ether oxygens (including phenoxy) is 1. The second-order valence-corrected chi connectivity index (χ2v) is 6.81. The first-order valence-electron chi connectivity index (χ1n) is 9.03. The van der Waals surface area contributed by atoms with Gasteiger partial charge in [-0.1, -0.05) is 0 Å². The van der Waals surface area contributed by atoms with Crippen LogP contribution >= 0.6 is 0 Å². The summed E-state index contributed by atoms with van der Waals surface area (Å²) < 4.78 is 42.1. The van der Waals surface area contributed by atoms with Crippen LogP contribution in [0, 0.1) is 13.8 Å². The predicted octanol–water partition coefficient (Wildman–Crippen LogP) is 2.26. The van der Waals surface area contributed by atoms with Crippen LogP contribution in [0.15, 0.2) is 29.1 Å². The van der Waals surface area contributed by atoms with Gasteiger partial charge in [0, 0.05) is 31.9 Å². The molecule has 29 heavy (non-hydrogen) atoms. The van der Waals surface area contributed by atoms with Crippen molar-refractivity contribution in [2.75, 3.05) is 36.0 Å². The highest BCUT2D eigenvalue weighted by Gasteiger charge is 2.31. The second kappa shape index (κ2) is 6.98. The molecular weight excluding hydrogens is 389 g/mol. The highest BCUT2D eigenvalue weighted by Crippen LogP contribution is 2.26. The summed E-state index contributed by atoms with van der Waals surface area (Å²) in [4.78, 5) is 25.5. The van der Waals surface area contributed by atoms with Gasteiger partial charge in [-0.3, -0.25) is 9.89 Å². The molecule has 0 spiro atoms. The fourth-order valence-electron chi connectivity index (χ4n) is 3.53. The van der Waals surface area contributed by atoms with E-state index >= 15 is 0 Å². The maximum Gasteiger partial charge on any atom is 0.573 e. The predicted molar refractivity (Wildman–Crippen MR) is 101 cm³/mol. The summed E-state index contributed by atoms with van der Waals surface area (Å²) in [6.45, 7) is 5.93. The molecule has 0 bridgehead atoms. The number of halogens is 3. The zero-order chi connectivity index (χ0) is 20.8. The van der Waals surface area contributed by atoms with Crippen molar-refractivity contribution in [3.8, 4) is 5.75 Å². The minimum absolute atomic E-state index is 0.199. The molecule has 154 valence electrons. The molecule has 4 rings (SSSR count). The van der Waals surface area contributed by atoms with Crippen molar-refractivity contribution in [1.82, 2.24) is 19.6 Å². The van der Waals surface area contributed by atoms with Gasteiger partial charge >= 0.3 is 6.36 Å². The number of fused-ring (bicyclic) bond motifs is 1. The highest BCUT2D eigenvalue weighted by molar-refractivity contribution is 5.55. The van der Waals surface area contributed by atoms with E-state index in [0.717, 1.165) is 5.69 Å². The summed E-state index contributed by atoms with van der Waals surface area (Å²) in [5.41, 5.74) is 1.74. The summed E-state index contributed by atoms with van der Waals surface area (Å²) >= 11 is 0. The van der Waals surface area contributed by atoms with Gasteiger partial charge in [-0.05, 0) is 38.1 Å². The van der Waals surface area contributed by atoms with Crippen LogP contribution in [0.1, 0.15) is 11.5 Å². The van der Waals surface area contributed by atoms with E-state index < -0.39 is 6.36 Å². The monoisotopic (exact) mass is 408 g/mol. The largest absolute Gasteiger partial charge is 0.573 e. The first kappa shape index (κ1) is 19.1. The number of piperazine rings is 1. The zero-order valence-electron chi connectivity index (χ0n) is 15.8. The third-order valence-corrected chi connectivity index (χ3v) is 4.79. The maximum absolute atomic E-state index is 12.9. The third-order valence-electron chi connectivity index (χ3n) is 4.79. The van der Waals surface area contributed by atoms with Crippen molar-refractivity contribution in [3.05, 3.63) is 46.1 Å². The van der Waals surface area contributed by atoms with Gasteiger partial charge in [0.25, 0.3) is 11.3 Å². The standard InChI is InChI=1S/C18H19F3N6O2/c1-11-15(16(28)27-17(22-11)23-12(2)24-27)26-9-7-25(8-10-26)13-3-5-14(6-4-13)29-18(19,20)21/h3-6H,7-10H2,1-2H3,(H,22,23,24). The summed E-state index contributed by atoms with van der Waals surface area (Å²) in [6.07, 6.45) is -4.71. The Hall–Kier alpha value is -3.24. The van der Waals surface area contributed by atoms with Crippen molar-refractivity contribution in [2.24, 2.45) is 0 Å². The molecule has 1 aromatic carbocycles. The topological polar surface area (TPSA) is 78.8 Å². The second-order valence-electron chi connectivity index (χ2n) is 6.81. The van der Waals surface area contributed by atoms with Gasteiger partial charge in [0.2, 0.25) is 0 Å². The van der Waals surface area contributed by atoms with Crippen LogP contribution < -0.4 is 20.1 Å². The van der Waals surface area contributed by atoms with Crippen molar-refractivity contribution in [1.29, 1.82) is 0 Å². The average Bonchev–Trinajstić information content (AvgIpc) is 3.02. The molecule has 1 saturated heterocycles. The molecule has 11 heteroatoms. The van der Waals surface area contributed by atoms with Crippen LogP contribution in [0.3, 0.4) is 0 Å². The minimum atomic E-state index is -4.71. The fourth-order valence-corrected chi connectivity index (χ4v) is 3.53. The molecule has 0 unspecified atom stereocenters. The molecule has 0 atom stereocenters. The highest BCUT2D eigenvalue weighted by atomic mass is 19.4. The number of aromatic amines is 1. The number of hydrogen-bond acceptors (Lipinski definition) is 6. The van der Waals surface area contributed by atoms with Gasteiger partial charge in [-0.2, -0.15) is 9.50 Å². The lowest BCUT2D eigenvalue weighted by molar-refractivity contribution is -0.274. The van der Waals surface area contributed by atoms with E-state index in [1.807, 2.05) is 9.80 Å². The summed E-state index contributed by atoms with van der Waals surface area (Å²) in [5.74, 6) is 0.695. The third kappa shape index (κ3) is 3.84. The van der Waals surface area contributed by atoms with E-state index in [0.29, 0.717) is 49.2 Å². The average molecular weight is 408 g/mol. The van der Waals surface area contributed by atoms with E-state index in [2.05, 4.69) is 19.8 Å². The summed E-state index contributed by atoms with van der Waals surface area (Å²) in [7, 11) is 0. The minimum Gasteiger partial charge on any atom is -0.406 e. The van der Waals surface area contributed by atoms with Crippen LogP contribution in [0.25, 0.3) is 5.78 Å². The van der Waals surface area contributed by atoms with Crippen molar-refractivity contribution in [3.63, 3.8) is 0 Å². The number of nitrogens with zero attached hydrogens (tertiary/aromatic N) is 5. The molecule has 3 aromatic rings. The lowest BCUT2D eigenvalue weighted by Gasteiger charge is -2.37. The molecule has 0 amide bonds. The number of benzene rings is 1. The smallest absolute Gasteiger partial charge is 0.406 e. The van der Waals surface area contributed by atoms with E-state index in [-0.39, 0.29) is 11.3 Å². The molecule has 3 heterocycles. The fraction of sp³-hybridized carbons (Fsp3) is 0.389. The van der Waals surface area contributed by atoms with Crippen molar-refractivity contribution < 1.29 is 17.9 Å². The van der Waals surface area contributed by atoms with E-state index in [9.17, 15) is 18.0 Å². The number of anilines is 2. The van der Waals surface area contributed by atoms with Crippen LogP contribution in [0.5, 0.6) is 5.75 Å². The van der Waals surface area contributed by atoms with Crippen LogP contribution in [0.2, 0.25) is 0 Å². The molecule has 8 nitrogen and oxygen atoms in total. The van der Waals surface area contributed by atoms with Crippen LogP contribution in [-0.4, -0.2) is 52.1 Å². The van der Waals surface area contributed by atoms with Gasteiger partial charge in [-0.25, -0.2) is 4.98 Å². The summed E-state index contributed by atoms with van der Waals surface area (Å²) in [5, 5.41) is 2.89. The first-order valence-corrected chi connectivity index (χ1v) is 9.03. The van der Waals surface area contributed by atoms with Crippen molar-refractivity contribution >= 4 is 17.2 Å². The zero-order valence-corrected chi connectivity index (χ0v) is 15.8. The Balaban J connectivity index is 1.49. The normalized spacial score (nSPS) is 15.2. The van der Waals surface area contributed by atoms with Crippen LogP contribution in [-0.2, 0) is 0 Å². The quantitative estimate of drug-likeness (QED) is 0.716. The Morgan fingerprint density at radius 3 is 2.24 bits per heavy atom. The number of H-pyrrole nitrogens is 1. The van der Waals surface area contributed by atoms with Gasteiger partial charge in [-0.15, -0.1) is 13.2 Å². The molecule has 0 aliphatic carbocycles. The number of aromatic nitrogens is 4. The maximum atomic E-state index is 12.9. The number of nitrogens with one attached hydrogen (secondary N) is 1. The Morgan fingerprint density at radius 2 is 1.62 bits per heavy atom. The molecule has 0 saturated carbocycles. The number of rotatable bonds is 3. The summed E-state index contributed by atoms with van der Waals surface area (Å²) in [6, 6.07) is 5.78. The number of hydrogen-bond donors (Lipinski definition) is 1. The van der Waals surface area contributed by atoms with Gasteiger partial charge < -0.3 is 14.5 Å². The molecule has 1 aliphatic heterocycles. The molecular formula is C18H19F3N6O2. The van der Waals surface area contributed by atoms with E-state index in [4.69, 9.17) is 0 Å². The molecule has 1 N–H and O–H groups in total. The van der Waals surface area contributed by atoms with Gasteiger partial charge in [0.15, 0.2) is 0 Å². The van der Waals surface area contributed by atoms with Crippen LogP contribution in [0.4, 0.5) is 24.5 Å². The molecule has 1 aliphatic rings. The van der Waals surface area contributed by atoms with E-state index in [1.165, 1.54) is 16.6 Å². The van der Waals surface area contributed by atoms with Gasteiger partial charge in [0.05, 0.1) is 5.69 Å². The molecule has 2 aromatic heterocycles. The Kier molecular flexibility index (Phi) is 4.59. The van der Waals surface area contributed by atoms with Gasteiger partial charge in [0.1, 0.15) is 17.3 Å². The SMILES string of the molecule is Cc1nc2nc(C)c(N3CCN(c4ccc(OC(F)(F)F)cc4)CC3)c(=O)n2[nH]1. The Morgan fingerprint density at radius 1 is 1.00 bits per heavy atom. The first-order chi connectivity index (χ1) is 13.7. The lowest BCUT2D eigenvalue weighted by Crippen LogP contribution is -2.48. The number of aryl methyl sites for hydroxylation is 2. The number of alkyl halides is 3. The Bertz CT molecular complexity index is 1080. The lowest BCUT2D eigenvalue weighted by atomic mass is 10.2. The molecule has 0 radical (unpaired) electrons.